The maximum atomic E-state index is 6.21. The molecule has 1 aliphatic heterocycles. The van der Waals surface area contributed by atoms with Crippen molar-refractivity contribution < 1.29 is 4.74 Å². The number of ether oxygens (including phenoxy) is 1. The van der Waals surface area contributed by atoms with Crippen molar-refractivity contribution in [3.05, 3.63) is 28.0 Å². The fourth-order valence-corrected chi connectivity index (χ4v) is 3.35. The van der Waals surface area contributed by atoms with Crippen LogP contribution in [0, 0.1) is 4.77 Å². The molecule has 2 unspecified atom stereocenters. The Bertz CT molecular complexity index is 663. The second-order valence-corrected chi connectivity index (χ2v) is 5.81. The molecule has 3 rings (SSSR count). The molecular weight excluding hydrogens is 268 g/mol. The second-order valence-electron chi connectivity index (χ2n) is 5.02. The predicted molar refractivity (Wildman–Crippen MR) is 75.8 cm³/mol. The van der Waals surface area contributed by atoms with Crippen LogP contribution in [-0.4, -0.2) is 22.3 Å². The van der Waals surface area contributed by atoms with Crippen LogP contribution in [0.15, 0.2) is 18.2 Å². The molecule has 3 nitrogen and oxygen atoms in total. The summed E-state index contributed by atoms with van der Waals surface area (Å²) in [6.45, 7) is 5.06. The highest BCUT2D eigenvalue weighted by Crippen LogP contribution is 2.37. The van der Waals surface area contributed by atoms with E-state index < -0.39 is 0 Å². The summed E-state index contributed by atoms with van der Waals surface area (Å²) in [7, 11) is 0. The first-order valence-electron chi connectivity index (χ1n) is 6.05. The van der Waals surface area contributed by atoms with Crippen LogP contribution < -0.4 is 0 Å². The quantitative estimate of drug-likeness (QED) is 0.805. The number of fused-ring (bicyclic) bond motifs is 1. The largest absolute Gasteiger partial charge is 0.376 e. The molecule has 1 aromatic carbocycles. The van der Waals surface area contributed by atoms with Gasteiger partial charge in [-0.05, 0) is 44.6 Å². The molecule has 0 saturated carbocycles. The van der Waals surface area contributed by atoms with E-state index in [4.69, 9.17) is 28.6 Å². The zero-order valence-electron chi connectivity index (χ0n) is 10.4. The lowest BCUT2D eigenvalue weighted by Gasteiger charge is -2.30. The van der Waals surface area contributed by atoms with Crippen LogP contribution in [0.5, 0.6) is 0 Å². The summed E-state index contributed by atoms with van der Waals surface area (Å²) in [5.74, 6) is 0. The van der Waals surface area contributed by atoms with Crippen molar-refractivity contribution in [1.82, 2.24) is 9.55 Å². The van der Waals surface area contributed by atoms with E-state index >= 15 is 0 Å². The van der Waals surface area contributed by atoms with E-state index in [2.05, 4.69) is 23.4 Å². The fraction of sp³-hybridized carbons (Fsp3) is 0.462. The number of hydrogen-bond acceptors (Lipinski definition) is 2. The third-order valence-electron chi connectivity index (χ3n) is 4.03. The van der Waals surface area contributed by atoms with Crippen molar-refractivity contribution >= 4 is 34.9 Å². The average molecular weight is 283 g/mol. The van der Waals surface area contributed by atoms with Crippen LogP contribution in [0.2, 0.25) is 5.02 Å². The third kappa shape index (κ3) is 1.56. The summed E-state index contributed by atoms with van der Waals surface area (Å²) in [6.07, 6.45) is 1.10. The van der Waals surface area contributed by atoms with Gasteiger partial charge in [-0.3, -0.25) is 0 Å². The SMILES string of the molecule is CC1OCCC1(C)n1c(=S)[nH]c2c(Cl)cccc21. The Morgan fingerprint density at radius 3 is 3.00 bits per heavy atom. The second kappa shape index (κ2) is 4.08. The summed E-state index contributed by atoms with van der Waals surface area (Å²) in [5, 5.41) is 0.701. The monoisotopic (exact) mass is 282 g/mol. The minimum Gasteiger partial charge on any atom is -0.376 e. The van der Waals surface area contributed by atoms with Crippen LogP contribution in [-0.2, 0) is 10.3 Å². The van der Waals surface area contributed by atoms with Gasteiger partial charge >= 0.3 is 0 Å². The third-order valence-corrected chi connectivity index (χ3v) is 4.63. The van der Waals surface area contributed by atoms with Gasteiger partial charge in [0.25, 0.3) is 0 Å². The van der Waals surface area contributed by atoms with Crippen LogP contribution in [0.4, 0.5) is 0 Å². The Balaban J connectivity index is 2.33. The number of nitrogens with zero attached hydrogens (tertiary/aromatic N) is 1. The molecular formula is C13H15ClN2OS. The number of para-hydroxylation sites is 1. The summed E-state index contributed by atoms with van der Waals surface area (Å²) < 4.78 is 8.57. The van der Waals surface area contributed by atoms with Gasteiger partial charge in [0, 0.05) is 6.61 Å². The molecule has 0 aliphatic carbocycles. The number of benzene rings is 1. The van der Waals surface area contributed by atoms with Crippen LogP contribution in [0.3, 0.4) is 0 Å². The van der Waals surface area contributed by atoms with Crippen molar-refractivity contribution in [2.75, 3.05) is 6.61 Å². The van der Waals surface area contributed by atoms with Gasteiger partial charge in [0.2, 0.25) is 0 Å². The molecule has 1 fully saturated rings. The highest BCUT2D eigenvalue weighted by atomic mass is 35.5. The average Bonchev–Trinajstić information content (AvgIpc) is 2.82. The van der Waals surface area contributed by atoms with Crippen molar-refractivity contribution in [2.45, 2.75) is 31.9 Å². The summed E-state index contributed by atoms with van der Waals surface area (Å²) in [6, 6.07) is 5.87. The maximum Gasteiger partial charge on any atom is 0.178 e. The van der Waals surface area contributed by atoms with Gasteiger partial charge in [-0.1, -0.05) is 17.7 Å². The van der Waals surface area contributed by atoms with E-state index in [9.17, 15) is 0 Å². The van der Waals surface area contributed by atoms with Crippen LogP contribution in [0.25, 0.3) is 11.0 Å². The lowest BCUT2D eigenvalue weighted by Crippen LogP contribution is -2.36. The molecule has 0 radical (unpaired) electrons. The number of aromatic amines is 1. The van der Waals surface area contributed by atoms with E-state index in [-0.39, 0.29) is 11.6 Å². The standard InChI is InChI=1S/C13H15ClN2OS/c1-8-13(2,6-7-17-8)16-10-5-3-4-9(14)11(10)15-12(16)18/h3-5,8H,6-7H2,1-2H3,(H,15,18). The molecule has 0 amide bonds. The molecule has 0 spiro atoms. The molecule has 1 N–H and O–H groups in total. The number of nitrogens with one attached hydrogen (secondary N) is 1. The summed E-state index contributed by atoms with van der Waals surface area (Å²) in [5.41, 5.74) is 1.84. The Labute approximate surface area is 116 Å². The lowest BCUT2D eigenvalue weighted by molar-refractivity contribution is 0.0770. The molecule has 5 heteroatoms. The number of halogens is 1. The van der Waals surface area contributed by atoms with Gasteiger partial charge in [-0.2, -0.15) is 0 Å². The van der Waals surface area contributed by atoms with Crippen LogP contribution in [0.1, 0.15) is 20.3 Å². The van der Waals surface area contributed by atoms with Crippen LogP contribution >= 0.6 is 23.8 Å². The van der Waals surface area contributed by atoms with Gasteiger partial charge < -0.3 is 14.3 Å². The Morgan fingerprint density at radius 1 is 1.56 bits per heavy atom. The fourth-order valence-electron chi connectivity index (χ4n) is 2.72. The van der Waals surface area contributed by atoms with Gasteiger partial charge in [0.1, 0.15) is 0 Å². The highest BCUT2D eigenvalue weighted by molar-refractivity contribution is 7.71. The number of rotatable bonds is 1. The minimum absolute atomic E-state index is 0.111. The summed E-state index contributed by atoms with van der Waals surface area (Å²) >= 11 is 11.7. The smallest absolute Gasteiger partial charge is 0.178 e. The van der Waals surface area contributed by atoms with Crippen molar-refractivity contribution in [2.24, 2.45) is 0 Å². The molecule has 96 valence electrons. The number of imidazole rings is 1. The maximum absolute atomic E-state index is 6.21. The van der Waals surface area contributed by atoms with Gasteiger partial charge in [0.05, 0.1) is 27.7 Å². The predicted octanol–water partition coefficient (Wildman–Crippen LogP) is 3.88. The zero-order chi connectivity index (χ0) is 12.9. The molecule has 1 aromatic heterocycles. The Hall–Kier alpha value is -0.840. The molecule has 1 saturated heterocycles. The molecule has 0 bridgehead atoms. The van der Waals surface area contributed by atoms with E-state index in [1.807, 2.05) is 18.2 Å². The lowest BCUT2D eigenvalue weighted by atomic mass is 9.94. The molecule has 18 heavy (non-hydrogen) atoms. The van der Waals surface area contributed by atoms with Gasteiger partial charge in [-0.15, -0.1) is 0 Å². The molecule has 1 aliphatic rings. The number of hydrogen-bond donors (Lipinski definition) is 1. The molecule has 2 aromatic rings. The van der Waals surface area contributed by atoms with Crippen molar-refractivity contribution in [3.63, 3.8) is 0 Å². The van der Waals surface area contributed by atoms with Gasteiger partial charge in [-0.25, -0.2) is 0 Å². The van der Waals surface area contributed by atoms with E-state index in [0.717, 1.165) is 24.1 Å². The number of aromatic nitrogens is 2. The minimum atomic E-state index is -0.111. The first kappa shape index (κ1) is 12.2. The zero-order valence-corrected chi connectivity index (χ0v) is 11.9. The van der Waals surface area contributed by atoms with Gasteiger partial charge in [0.15, 0.2) is 4.77 Å². The topological polar surface area (TPSA) is 29.9 Å². The normalized spacial score (nSPS) is 28.1. The summed E-state index contributed by atoms with van der Waals surface area (Å²) in [4.78, 5) is 3.21. The van der Waals surface area contributed by atoms with Crippen molar-refractivity contribution in [3.8, 4) is 0 Å². The Kier molecular flexibility index (Phi) is 2.77. The molecule has 2 heterocycles. The first-order valence-corrected chi connectivity index (χ1v) is 6.84. The van der Waals surface area contributed by atoms with E-state index in [1.54, 1.807) is 0 Å². The molecule has 2 atom stereocenters. The van der Waals surface area contributed by atoms with E-state index in [0.29, 0.717) is 9.79 Å². The Morgan fingerprint density at radius 2 is 2.33 bits per heavy atom. The van der Waals surface area contributed by atoms with E-state index in [1.165, 1.54) is 0 Å². The highest BCUT2D eigenvalue weighted by Gasteiger charge is 2.40. The first-order chi connectivity index (χ1) is 8.54. The number of H-pyrrole nitrogens is 1. The van der Waals surface area contributed by atoms with Crippen molar-refractivity contribution in [1.29, 1.82) is 0 Å².